The number of hydrogen-bond donors (Lipinski definition) is 1. The van der Waals surface area contributed by atoms with Gasteiger partial charge < -0.3 is 24.1 Å². The number of anilines is 1. The quantitative estimate of drug-likeness (QED) is 0.537. The van der Waals surface area contributed by atoms with Crippen LogP contribution in [0.15, 0.2) is 21.5 Å². The highest BCUT2D eigenvalue weighted by atomic mass is 35.5. The number of nitrogens with zero attached hydrogens (tertiary/aromatic N) is 3. The number of carbonyl (C=O) groups excluding carboxylic acids is 2. The van der Waals surface area contributed by atoms with Crippen LogP contribution < -0.4 is 20.3 Å². The zero-order valence-electron chi connectivity index (χ0n) is 17.1. The lowest BCUT2D eigenvalue weighted by atomic mass is 10.2. The van der Waals surface area contributed by atoms with E-state index in [0.29, 0.717) is 11.5 Å². The number of aryl methyl sites for hydroxylation is 1. The maximum absolute atomic E-state index is 13.0. The van der Waals surface area contributed by atoms with Crippen molar-refractivity contribution < 1.29 is 28.3 Å². The Kier molecular flexibility index (Phi) is 6.44. The average molecular weight is 451 g/mol. The summed E-state index contributed by atoms with van der Waals surface area (Å²) >= 11 is 6.12. The number of ether oxygens (including phenoxy) is 3. The minimum Gasteiger partial charge on any atom is -0.495 e. The molecule has 0 aliphatic heterocycles. The predicted molar refractivity (Wildman–Crippen MR) is 110 cm³/mol. The molecular weight excluding hydrogens is 432 g/mol. The molecule has 1 amide bonds. The highest BCUT2D eigenvalue weighted by Gasteiger charge is 2.24. The molecule has 0 atom stereocenters. The van der Waals surface area contributed by atoms with Crippen LogP contribution in [0.2, 0.25) is 5.02 Å². The molecular formula is C19H19ClN4O7. The SMILES string of the molecule is CCOC(=O)c1noc2nc(C)n(CC(=O)Nc3cc(Cl)c(OC)cc3OC)c(=O)c12. The van der Waals surface area contributed by atoms with E-state index >= 15 is 0 Å². The van der Waals surface area contributed by atoms with Gasteiger partial charge in [0.05, 0.1) is 31.5 Å². The van der Waals surface area contributed by atoms with E-state index in [1.54, 1.807) is 6.92 Å². The highest BCUT2D eigenvalue weighted by molar-refractivity contribution is 6.32. The number of hydrogen-bond acceptors (Lipinski definition) is 9. The number of amides is 1. The second-order valence-electron chi connectivity index (χ2n) is 6.22. The fourth-order valence-corrected chi connectivity index (χ4v) is 3.10. The maximum atomic E-state index is 13.0. The molecule has 0 spiro atoms. The molecule has 11 nitrogen and oxygen atoms in total. The van der Waals surface area contributed by atoms with Crippen molar-refractivity contribution in [2.45, 2.75) is 20.4 Å². The van der Waals surface area contributed by atoms with Gasteiger partial charge in [-0.2, -0.15) is 4.98 Å². The first-order chi connectivity index (χ1) is 14.8. The van der Waals surface area contributed by atoms with Crippen molar-refractivity contribution in [3.8, 4) is 11.5 Å². The minimum absolute atomic E-state index is 0.0926. The number of nitrogens with one attached hydrogen (secondary N) is 1. The van der Waals surface area contributed by atoms with E-state index in [-0.39, 0.29) is 39.9 Å². The summed E-state index contributed by atoms with van der Waals surface area (Å²) in [6, 6.07) is 2.98. The zero-order chi connectivity index (χ0) is 22.7. The summed E-state index contributed by atoms with van der Waals surface area (Å²) in [5.41, 5.74) is -0.796. The Morgan fingerprint density at radius 2 is 1.94 bits per heavy atom. The summed E-state index contributed by atoms with van der Waals surface area (Å²) < 4.78 is 21.3. The topological polar surface area (TPSA) is 135 Å². The normalized spacial score (nSPS) is 10.7. The number of fused-ring (bicyclic) bond motifs is 1. The smallest absolute Gasteiger partial charge is 0.361 e. The molecule has 0 saturated heterocycles. The van der Waals surface area contributed by atoms with Crippen molar-refractivity contribution in [1.29, 1.82) is 0 Å². The van der Waals surface area contributed by atoms with Crippen molar-refractivity contribution >= 4 is 40.3 Å². The third kappa shape index (κ3) is 4.31. The van der Waals surface area contributed by atoms with Gasteiger partial charge in [-0.25, -0.2) is 4.79 Å². The monoisotopic (exact) mass is 450 g/mol. The molecule has 0 fully saturated rings. The van der Waals surface area contributed by atoms with Crippen molar-refractivity contribution in [1.82, 2.24) is 14.7 Å². The third-order valence-electron chi connectivity index (χ3n) is 4.31. The molecule has 0 saturated carbocycles. The maximum Gasteiger partial charge on any atom is 0.361 e. The van der Waals surface area contributed by atoms with Gasteiger partial charge in [0.1, 0.15) is 29.3 Å². The van der Waals surface area contributed by atoms with Gasteiger partial charge in [-0.05, 0) is 19.9 Å². The first-order valence-corrected chi connectivity index (χ1v) is 9.43. The molecule has 2 heterocycles. The molecule has 164 valence electrons. The minimum atomic E-state index is -0.822. The predicted octanol–water partition coefficient (Wildman–Crippen LogP) is 2.18. The van der Waals surface area contributed by atoms with Gasteiger partial charge in [-0.1, -0.05) is 16.8 Å². The zero-order valence-corrected chi connectivity index (χ0v) is 17.9. The van der Waals surface area contributed by atoms with Crippen LogP contribution in [0.4, 0.5) is 5.69 Å². The van der Waals surface area contributed by atoms with Gasteiger partial charge in [-0.15, -0.1) is 0 Å². The van der Waals surface area contributed by atoms with E-state index in [0.717, 1.165) is 4.57 Å². The Hall–Kier alpha value is -3.60. The molecule has 12 heteroatoms. The number of rotatable bonds is 7. The number of carbonyl (C=O) groups is 2. The summed E-state index contributed by atoms with van der Waals surface area (Å²) in [6.07, 6.45) is 0. The largest absolute Gasteiger partial charge is 0.495 e. The molecule has 0 bridgehead atoms. The van der Waals surface area contributed by atoms with Crippen LogP contribution in [-0.2, 0) is 16.1 Å². The molecule has 3 aromatic rings. The fourth-order valence-electron chi connectivity index (χ4n) is 2.86. The third-order valence-corrected chi connectivity index (χ3v) is 4.60. The second-order valence-corrected chi connectivity index (χ2v) is 6.62. The summed E-state index contributed by atoms with van der Waals surface area (Å²) in [4.78, 5) is 41.8. The van der Waals surface area contributed by atoms with Crippen LogP contribution in [0.3, 0.4) is 0 Å². The van der Waals surface area contributed by atoms with Gasteiger partial charge in [0.25, 0.3) is 11.3 Å². The van der Waals surface area contributed by atoms with E-state index in [2.05, 4.69) is 15.5 Å². The Balaban J connectivity index is 1.94. The number of benzene rings is 1. The van der Waals surface area contributed by atoms with Gasteiger partial charge in [0.2, 0.25) is 11.6 Å². The lowest BCUT2D eigenvalue weighted by Crippen LogP contribution is -2.30. The molecule has 0 unspecified atom stereocenters. The molecule has 1 N–H and O–H groups in total. The Bertz CT molecular complexity index is 1220. The summed E-state index contributed by atoms with van der Waals surface area (Å²) in [5, 5.41) is 6.32. The summed E-state index contributed by atoms with van der Waals surface area (Å²) in [6.45, 7) is 2.83. The first kappa shape index (κ1) is 22.1. The van der Waals surface area contributed by atoms with Gasteiger partial charge in [0, 0.05) is 6.07 Å². The Labute approximate surface area is 180 Å². The average Bonchev–Trinajstić information content (AvgIpc) is 3.15. The van der Waals surface area contributed by atoms with Crippen LogP contribution in [0, 0.1) is 6.92 Å². The van der Waals surface area contributed by atoms with Crippen LogP contribution in [0.1, 0.15) is 23.2 Å². The van der Waals surface area contributed by atoms with E-state index in [4.69, 9.17) is 30.3 Å². The lowest BCUT2D eigenvalue weighted by Gasteiger charge is -2.14. The number of methoxy groups -OCH3 is 2. The second kappa shape index (κ2) is 9.04. The fraction of sp³-hybridized carbons (Fsp3) is 0.316. The van der Waals surface area contributed by atoms with Crippen molar-refractivity contribution in [2.24, 2.45) is 0 Å². The number of esters is 1. The molecule has 0 radical (unpaired) electrons. The highest BCUT2D eigenvalue weighted by Crippen LogP contribution is 2.35. The summed E-state index contributed by atoms with van der Waals surface area (Å²) in [5.74, 6) is -0.496. The lowest BCUT2D eigenvalue weighted by molar-refractivity contribution is -0.116. The van der Waals surface area contributed by atoms with Crippen LogP contribution in [0.25, 0.3) is 11.1 Å². The summed E-state index contributed by atoms with van der Waals surface area (Å²) in [7, 11) is 2.88. The van der Waals surface area contributed by atoms with Gasteiger partial charge >= 0.3 is 5.97 Å². The molecule has 1 aromatic carbocycles. The van der Waals surface area contributed by atoms with E-state index < -0.39 is 24.0 Å². The number of aromatic nitrogens is 3. The molecule has 0 aliphatic carbocycles. The van der Waals surface area contributed by atoms with Crippen LogP contribution in [0.5, 0.6) is 11.5 Å². The molecule has 0 aliphatic rings. The van der Waals surface area contributed by atoms with Crippen LogP contribution in [-0.4, -0.2) is 47.4 Å². The van der Waals surface area contributed by atoms with E-state index in [1.807, 2.05) is 0 Å². The van der Waals surface area contributed by atoms with E-state index in [9.17, 15) is 14.4 Å². The molecule has 3 rings (SSSR count). The van der Waals surface area contributed by atoms with Crippen molar-refractivity contribution in [3.63, 3.8) is 0 Å². The Morgan fingerprint density at radius 3 is 2.58 bits per heavy atom. The van der Waals surface area contributed by atoms with Crippen LogP contribution >= 0.6 is 11.6 Å². The van der Waals surface area contributed by atoms with Crippen molar-refractivity contribution in [3.05, 3.63) is 39.0 Å². The van der Waals surface area contributed by atoms with Gasteiger partial charge in [-0.3, -0.25) is 14.2 Å². The first-order valence-electron chi connectivity index (χ1n) is 9.06. The molecule has 31 heavy (non-hydrogen) atoms. The molecule has 2 aromatic heterocycles. The Morgan fingerprint density at radius 1 is 1.23 bits per heavy atom. The van der Waals surface area contributed by atoms with Crippen molar-refractivity contribution in [2.75, 3.05) is 26.1 Å². The van der Waals surface area contributed by atoms with E-state index in [1.165, 1.54) is 33.3 Å². The standard InChI is InChI=1S/C19H19ClN4O7/c1-5-30-19(27)16-15-17(31-23-16)21-9(2)24(18(15)26)8-14(25)22-11-6-10(20)12(28-3)7-13(11)29-4/h6-7H,5,8H2,1-4H3,(H,22,25). The van der Waals surface area contributed by atoms with Gasteiger partial charge in [0.15, 0.2) is 0 Å². The number of halogens is 1.